The predicted molar refractivity (Wildman–Crippen MR) is 76.1 cm³/mol. The van der Waals surface area contributed by atoms with E-state index < -0.39 is 50.9 Å². The molecule has 0 aliphatic carbocycles. The third-order valence-electron chi connectivity index (χ3n) is 3.92. The van der Waals surface area contributed by atoms with Crippen LogP contribution in [-0.4, -0.2) is 52.1 Å². The van der Waals surface area contributed by atoms with Crippen LogP contribution in [0.3, 0.4) is 0 Å². The Morgan fingerprint density at radius 1 is 1.50 bits per heavy atom. The van der Waals surface area contributed by atoms with Crippen molar-refractivity contribution >= 4 is 9.84 Å². The van der Waals surface area contributed by atoms with Gasteiger partial charge in [-0.15, -0.1) is 0 Å². The van der Waals surface area contributed by atoms with Gasteiger partial charge in [0.15, 0.2) is 20.5 Å². The van der Waals surface area contributed by atoms with Crippen LogP contribution >= 0.6 is 0 Å². The minimum atomic E-state index is -3.99. The van der Waals surface area contributed by atoms with Crippen molar-refractivity contribution in [2.24, 2.45) is 0 Å². The first-order valence-corrected chi connectivity index (χ1v) is 8.37. The lowest BCUT2D eigenvalue weighted by Crippen LogP contribution is -2.47. The zero-order chi connectivity index (χ0) is 16.9. The van der Waals surface area contributed by atoms with Gasteiger partial charge in [0, 0.05) is 24.4 Å². The summed E-state index contributed by atoms with van der Waals surface area (Å²) in [5.41, 5.74) is -2.68. The average molecular weight is 334 g/mol. The number of aromatic nitrogens is 2. The van der Waals surface area contributed by atoms with Crippen LogP contribution in [0.1, 0.15) is 18.9 Å². The number of H-pyrrole nitrogens is 1. The fourth-order valence-electron chi connectivity index (χ4n) is 2.63. The summed E-state index contributed by atoms with van der Waals surface area (Å²) in [6.07, 6.45) is 0.177. The summed E-state index contributed by atoms with van der Waals surface area (Å²) < 4.78 is 30.2. The zero-order valence-corrected chi connectivity index (χ0v) is 13.2. The van der Waals surface area contributed by atoms with Crippen molar-refractivity contribution in [3.63, 3.8) is 0 Å². The Balaban J connectivity index is 2.61. The highest BCUT2D eigenvalue weighted by Crippen LogP contribution is 2.43. The predicted octanol–water partition coefficient (Wildman–Crippen LogP) is -1.97. The molecule has 1 aliphatic heterocycles. The maximum absolute atomic E-state index is 12.0. The first kappa shape index (κ1) is 16.9. The third-order valence-corrected chi connectivity index (χ3v) is 5.61. The molecule has 22 heavy (non-hydrogen) atoms. The number of hydrogen-bond donors (Lipinski definition) is 3. The molecule has 3 atom stereocenters. The quantitative estimate of drug-likeness (QED) is 0.583. The molecule has 1 aromatic heterocycles. The zero-order valence-electron chi connectivity index (χ0n) is 12.4. The van der Waals surface area contributed by atoms with Gasteiger partial charge >= 0.3 is 5.69 Å². The molecule has 10 heteroatoms. The van der Waals surface area contributed by atoms with Gasteiger partial charge in [0.05, 0.1) is 6.61 Å². The number of sulfone groups is 1. The van der Waals surface area contributed by atoms with E-state index in [4.69, 9.17) is 4.74 Å². The molecule has 0 aromatic carbocycles. The van der Waals surface area contributed by atoms with Crippen molar-refractivity contribution < 1.29 is 23.4 Å². The Bertz CT molecular complexity index is 811. The van der Waals surface area contributed by atoms with E-state index in [1.54, 1.807) is 0 Å². The Morgan fingerprint density at radius 2 is 2.09 bits per heavy atom. The summed E-state index contributed by atoms with van der Waals surface area (Å²) >= 11 is 0. The van der Waals surface area contributed by atoms with Gasteiger partial charge in [-0.05, 0) is 13.8 Å². The molecule has 0 amide bonds. The second kappa shape index (κ2) is 5.01. The Kier molecular flexibility index (Phi) is 3.85. The smallest absolute Gasteiger partial charge is 0.330 e. The topological polar surface area (TPSA) is 139 Å². The number of ether oxygens (including phenoxy) is 1. The van der Waals surface area contributed by atoms with E-state index in [0.717, 1.165) is 10.8 Å². The third kappa shape index (κ3) is 2.41. The van der Waals surface area contributed by atoms with E-state index in [1.807, 2.05) is 0 Å². The van der Waals surface area contributed by atoms with Gasteiger partial charge in [0.25, 0.3) is 5.56 Å². The molecule has 1 fully saturated rings. The highest BCUT2D eigenvalue weighted by Gasteiger charge is 2.60. The van der Waals surface area contributed by atoms with Crippen molar-refractivity contribution in [2.45, 2.75) is 37.0 Å². The van der Waals surface area contributed by atoms with Gasteiger partial charge < -0.3 is 14.9 Å². The molecule has 9 nitrogen and oxygen atoms in total. The molecule has 0 unspecified atom stereocenters. The average Bonchev–Trinajstić information content (AvgIpc) is 2.66. The second-order valence-corrected chi connectivity index (χ2v) is 7.95. The summed E-state index contributed by atoms with van der Waals surface area (Å²) in [5.74, 6) is 0. The van der Waals surface area contributed by atoms with Crippen molar-refractivity contribution in [1.82, 2.24) is 9.55 Å². The number of nitrogens with zero attached hydrogens (tertiary/aromatic N) is 1. The number of rotatable bonds is 3. The van der Waals surface area contributed by atoms with Gasteiger partial charge in [0.2, 0.25) is 0 Å². The Hall–Kier alpha value is -1.49. The summed E-state index contributed by atoms with van der Waals surface area (Å²) in [6, 6.07) is 0. The Labute approximate surface area is 126 Å². The summed E-state index contributed by atoms with van der Waals surface area (Å²) in [5, 5.41) is 19.8. The van der Waals surface area contributed by atoms with Gasteiger partial charge in [-0.1, -0.05) is 0 Å². The van der Waals surface area contributed by atoms with E-state index in [-0.39, 0.29) is 5.56 Å². The summed E-state index contributed by atoms with van der Waals surface area (Å²) in [7, 11) is -3.99. The summed E-state index contributed by atoms with van der Waals surface area (Å²) in [4.78, 5) is 23.2. The van der Waals surface area contributed by atoms with Crippen LogP contribution in [0, 0.1) is 6.92 Å². The number of aryl methyl sites for hydroxylation is 1. The number of aromatic amines is 1. The molecule has 1 aromatic rings. The SMILES string of the molecule is Cc1cn([C@@]2(C)C[C@@](O)(S(C)(=O)=O)[C@@H](CO)O2)c(=O)[nH]c1=O. The van der Waals surface area contributed by atoms with Crippen LogP contribution in [0.4, 0.5) is 0 Å². The highest BCUT2D eigenvalue weighted by molar-refractivity contribution is 7.91. The number of nitrogens with one attached hydrogen (secondary N) is 1. The van der Waals surface area contributed by atoms with Crippen LogP contribution in [0.2, 0.25) is 0 Å². The van der Waals surface area contributed by atoms with Crippen molar-refractivity contribution in [3.8, 4) is 0 Å². The molecule has 3 N–H and O–H groups in total. The molecular formula is C12H18N2O7S. The second-order valence-electron chi connectivity index (χ2n) is 5.70. The molecule has 1 saturated heterocycles. The van der Waals surface area contributed by atoms with Crippen LogP contribution < -0.4 is 11.2 Å². The number of aliphatic hydroxyl groups is 2. The van der Waals surface area contributed by atoms with E-state index in [1.165, 1.54) is 20.0 Å². The number of hydrogen-bond acceptors (Lipinski definition) is 7. The minimum absolute atomic E-state index is 0.222. The normalized spacial score (nSPS) is 32.3. The van der Waals surface area contributed by atoms with Crippen molar-refractivity contribution in [3.05, 3.63) is 32.6 Å². The molecule has 0 bridgehead atoms. The lowest BCUT2D eigenvalue weighted by atomic mass is 10.1. The van der Waals surface area contributed by atoms with Gasteiger partial charge in [-0.3, -0.25) is 14.3 Å². The molecule has 0 saturated carbocycles. The maximum atomic E-state index is 12.0. The van der Waals surface area contributed by atoms with Gasteiger partial charge in [-0.25, -0.2) is 13.2 Å². The van der Waals surface area contributed by atoms with E-state index in [2.05, 4.69) is 4.98 Å². The van der Waals surface area contributed by atoms with Crippen molar-refractivity contribution in [2.75, 3.05) is 12.9 Å². The van der Waals surface area contributed by atoms with Crippen LogP contribution in [0.15, 0.2) is 15.8 Å². The summed E-state index contributed by atoms with van der Waals surface area (Å²) in [6.45, 7) is 2.13. The Morgan fingerprint density at radius 3 is 2.55 bits per heavy atom. The molecule has 2 heterocycles. The lowest BCUT2D eigenvalue weighted by Gasteiger charge is -2.26. The van der Waals surface area contributed by atoms with E-state index in [0.29, 0.717) is 0 Å². The molecule has 124 valence electrons. The fraction of sp³-hybridized carbons (Fsp3) is 0.667. The monoisotopic (exact) mass is 334 g/mol. The molecule has 2 rings (SSSR count). The van der Waals surface area contributed by atoms with E-state index >= 15 is 0 Å². The molecule has 0 spiro atoms. The first-order chi connectivity index (χ1) is 9.94. The molecule has 1 aliphatic rings. The van der Waals surface area contributed by atoms with E-state index in [9.17, 15) is 28.2 Å². The molecule has 0 radical (unpaired) electrons. The van der Waals surface area contributed by atoms with Crippen molar-refractivity contribution in [1.29, 1.82) is 0 Å². The standard InChI is InChI=1S/C12H18N2O7S/c1-7-4-14(10(17)13-9(7)16)11(2)6-12(18,22(3,19)20)8(5-15)21-11/h4,8,15,18H,5-6H2,1-3H3,(H,13,16,17)/t8-,11-,12-/m1/s1. The first-order valence-electron chi connectivity index (χ1n) is 6.48. The van der Waals surface area contributed by atoms with Crippen LogP contribution in [0.5, 0.6) is 0 Å². The molecular weight excluding hydrogens is 316 g/mol. The lowest BCUT2D eigenvalue weighted by molar-refractivity contribution is -0.111. The van der Waals surface area contributed by atoms with Crippen LogP contribution in [0.25, 0.3) is 0 Å². The largest absolute Gasteiger partial charge is 0.394 e. The van der Waals surface area contributed by atoms with Crippen LogP contribution in [-0.2, 0) is 20.3 Å². The van der Waals surface area contributed by atoms with Gasteiger partial charge in [0.1, 0.15) is 6.10 Å². The van der Waals surface area contributed by atoms with Gasteiger partial charge in [-0.2, -0.15) is 0 Å². The fourth-order valence-corrected chi connectivity index (χ4v) is 3.76. The highest BCUT2D eigenvalue weighted by atomic mass is 32.2. The minimum Gasteiger partial charge on any atom is -0.394 e. The maximum Gasteiger partial charge on any atom is 0.330 e. The number of aliphatic hydroxyl groups excluding tert-OH is 1.